The number of aliphatic hydroxyl groups is 1. The molecule has 1 atom stereocenters. The molecule has 32 heavy (non-hydrogen) atoms. The predicted molar refractivity (Wildman–Crippen MR) is 128 cm³/mol. The summed E-state index contributed by atoms with van der Waals surface area (Å²) in [5.74, 6) is 6.29. The zero-order valence-electron chi connectivity index (χ0n) is 17.7. The van der Waals surface area contributed by atoms with Crippen LogP contribution in [0.2, 0.25) is 5.02 Å². The Morgan fingerprint density at radius 1 is 1.38 bits per heavy atom. The fourth-order valence-corrected chi connectivity index (χ4v) is 3.36. The van der Waals surface area contributed by atoms with Gasteiger partial charge in [0.05, 0.1) is 24.9 Å². The van der Waals surface area contributed by atoms with Gasteiger partial charge in [0.15, 0.2) is 5.82 Å². The highest BCUT2D eigenvalue weighted by molar-refractivity contribution is 7.07. The van der Waals surface area contributed by atoms with Crippen LogP contribution in [0.1, 0.15) is 18.1 Å². The summed E-state index contributed by atoms with van der Waals surface area (Å²) in [5, 5.41) is 15.0. The standard InChI is InChI=1S/C19H22ClN5O2.C3H3NS/c1-13(26)2-3-14-4-5-15(12-25-6-8-27-9-7-25)17(10-14)23-18-16(20)11-22-19(21)24-18;1-2-5-3-4-1/h4-5,10-11,13,26H,6-9,12H2,1H3,(H3,21,22,23,24);1-3H. The van der Waals surface area contributed by atoms with E-state index in [2.05, 4.69) is 37.0 Å². The second kappa shape index (κ2) is 12.3. The maximum atomic E-state index is 9.40. The first-order chi connectivity index (χ1) is 15.5. The molecular formula is C22H25ClN6O2S. The zero-order chi connectivity index (χ0) is 22.8. The molecule has 1 fully saturated rings. The van der Waals surface area contributed by atoms with Crippen molar-refractivity contribution in [3.63, 3.8) is 0 Å². The van der Waals surface area contributed by atoms with Gasteiger partial charge in [-0.05, 0) is 24.6 Å². The van der Waals surface area contributed by atoms with Crippen molar-refractivity contribution >= 4 is 40.4 Å². The van der Waals surface area contributed by atoms with E-state index in [1.165, 1.54) is 6.20 Å². The van der Waals surface area contributed by atoms with Crippen LogP contribution in [0.4, 0.5) is 17.5 Å². The van der Waals surface area contributed by atoms with Crippen LogP contribution < -0.4 is 11.1 Å². The van der Waals surface area contributed by atoms with Crippen LogP contribution >= 0.6 is 22.9 Å². The first-order valence-electron chi connectivity index (χ1n) is 10.0. The third kappa shape index (κ3) is 7.75. The Bertz CT molecular complexity index is 1030. The number of rotatable bonds is 4. The topological polar surface area (TPSA) is 109 Å². The smallest absolute Gasteiger partial charge is 0.222 e. The van der Waals surface area contributed by atoms with E-state index in [-0.39, 0.29) is 5.95 Å². The SMILES string of the molecule is CC(O)C#Cc1ccc(CN2CCOCC2)c(Nc2nc(N)ncc2Cl)c1.c1cscn1. The number of halogens is 1. The van der Waals surface area contributed by atoms with Crippen LogP contribution in [0.5, 0.6) is 0 Å². The average molecular weight is 473 g/mol. The van der Waals surface area contributed by atoms with E-state index in [4.69, 9.17) is 22.1 Å². The van der Waals surface area contributed by atoms with E-state index in [1.54, 1.807) is 30.0 Å². The van der Waals surface area contributed by atoms with Gasteiger partial charge in [-0.2, -0.15) is 4.98 Å². The van der Waals surface area contributed by atoms with E-state index in [0.29, 0.717) is 10.8 Å². The second-order valence-corrected chi connectivity index (χ2v) is 8.09. The number of thiazole rings is 1. The summed E-state index contributed by atoms with van der Waals surface area (Å²) in [6.07, 6.45) is 2.54. The van der Waals surface area contributed by atoms with Gasteiger partial charge in [-0.1, -0.05) is 29.5 Å². The van der Waals surface area contributed by atoms with Crippen LogP contribution in [0.15, 0.2) is 41.5 Å². The largest absolute Gasteiger partial charge is 0.381 e. The molecule has 168 valence electrons. The van der Waals surface area contributed by atoms with Crippen LogP contribution in [0.3, 0.4) is 0 Å². The fourth-order valence-electron chi connectivity index (χ4n) is 2.87. The normalized spacial score (nSPS) is 14.5. The molecule has 3 aromatic rings. The summed E-state index contributed by atoms with van der Waals surface area (Å²) in [5.41, 5.74) is 10.2. The molecule has 4 N–H and O–H groups in total. The lowest BCUT2D eigenvalue weighted by atomic mass is 10.1. The van der Waals surface area contributed by atoms with Crippen molar-refractivity contribution in [3.05, 3.63) is 57.6 Å². The molecule has 0 radical (unpaired) electrons. The third-order valence-corrected chi connectivity index (χ3v) is 5.19. The molecule has 0 bridgehead atoms. The van der Waals surface area contributed by atoms with E-state index < -0.39 is 6.10 Å². The molecular weight excluding hydrogens is 448 g/mol. The number of nitrogen functional groups attached to an aromatic ring is 1. The quantitative estimate of drug-likeness (QED) is 0.497. The highest BCUT2D eigenvalue weighted by Gasteiger charge is 2.14. The zero-order valence-corrected chi connectivity index (χ0v) is 19.2. The number of aliphatic hydroxyl groups excluding tert-OH is 1. The highest BCUT2D eigenvalue weighted by Crippen LogP contribution is 2.27. The molecule has 0 aliphatic carbocycles. The average Bonchev–Trinajstić information content (AvgIpc) is 3.37. The minimum Gasteiger partial charge on any atom is -0.381 e. The molecule has 3 heterocycles. The van der Waals surface area contributed by atoms with Crippen LogP contribution in [0, 0.1) is 11.8 Å². The first kappa shape index (κ1) is 23.9. The predicted octanol–water partition coefficient (Wildman–Crippen LogP) is 3.16. The van der Waals surface area contributed by atoms with Gasteiger partial charge >= 0.3 is 0 Å². The lowest BCUT2D eigenvalue weighted by molar-refractivity contribution is 0.0343. The molecule has 10 heteroatoms. The Morgan fingerprint density at radius 2 is 2.19 bits per heavy atom. The Kier molecular flexibility index (Phi) is 9.22. The molecule has 1 aromatic carbocycles. The number of benzene rings is 1. The lowest BCUT2D eigenvalue weighted by Crippen LogP contribution is -2.35. The number of hydrogen-bond donors (Lipinski definition) is 3. The molecule has 0 amide bonds. The van der Waals surface area contributed by atoms with E-state index in [0.717, 1.165) is 49.7 Å². The van der Waals surface area contributed by atoms with Gasteiger partial charge in [0.25, 0.3) is 0 Å². The lowest BCUT2D eigenvalue weighted by Gasteiger charge is -2.27. The maximum absolute atomic E-state index is 9.40. The molecule has 1 aliphatic heterocycles. The fraction of sp³-hybridized carbons (Fsp3) is 0.318. The van der Waals surface area contributed by atoms with Crippen LogP contribution in [-0.4, -0.2) is 57.4 Å². The molecule has 0 spiro atoms. The minimum atomic E-state index is -0.689. The van der Waals surface area contributed by atoms with Gasteiger partial charge in [0.2, 0.25) is 5.95 Å². The van der Waals surface area contributed by atoms with Gasteiger partial charge in [0, 0.05) is 42.5 Å². The second-order valence-electron chi connectivity index (χ2n) is 6.93. The molecule has 0 saturated carbocycles. The molecule has 2 aromatic heterocycles. The number of nitrogens with one attached hydrogen (secondary N) is 1. The van der Waals surface area contributed by atoms with Crippen molar-refractivity contribution in [3.8, 4) is 11.8 Å². The van der Waals surface area contributed by atoms with E-state index in [9.17, 15) is 5.11 Å². The van der Waals surface area contributed by atoms with Crippen LogP contribution in [0.25, 0.3) is 0 Å². The summed E-state index contributed by atoms with van der Waals surface area (Å²) < 4.78 is 5.42. The first-order valence-corrected chi connectivity index (χ1v) is 11.3. The van der Waals surface area contributed by atoms with E-state index >= 15 is 0 Å². The number of aromatic nitrogens is 3. The number of anilines is 3. The van der Waals surface area contributed by atoms with Crippen molar-refractivity contribution < 1.29 is 9.84 Å². The van der Waals surface area contributed by atoms with Gasteiger partial charge in [-0.25, -0.2) is 4.98 Å². The van der Waals surface area contributed by atoms with Crippen molar-refractivity contribution in [2.75, 3.05) is 37.4 Å². The summed E-state index contributed by atoms with van der Waals surface area (Å²) in [7, 11) is 0. The summed E-state index contributed by atoms with van der Waals surface area (Å²) in [6.45, 7) is 5.61. The summed E-state index contributed by atoms with van der Waals surface area (Å²) in [6, 6.07) is 5.87. The van der Waals surface area contributed by atoms with Crippen molar-refractivity contribution in [2.45, 2.75) is 19.6 Å². The molecule has 8 nitrogen and oxygen atoms in total. The van der Waals surface area contributed by atoms with Gasteiger partial charge < -0.3 is 20.9 Å². The number of morpholine rings is 1. The highest BCUT2D eigenvalue weighted by atomic mass is 35.5. The number of hydrogen-bond acceptors (Lipinski definition) is 9. The summed E-state index contributed by atoms with van der Waals surface area (Å²) in [4.78, 5) is 14.1. The molecule has 1 unspecified atom stereocenters. The molecule has 1 aliphatic rings. The Morgan fingerprint density at radius 3 is 2.84 bits per heavy atom. The number of nitrogens with two attached hydrogens (primary N) is 1. The molecule has 1 saturated heterocycles. The molecule has 4 rings (SSSR count). The monoisotopic (exact) mass is 472 g/mol. The van der Waals surface area contributed by atoms with E-state index in [1.807, 2.05) is 23.6 Å². The van der Waals surface area contributed by atoms with Crippen molar-refractivity contribution in [1.82, 2.24) is 19.9 Å². The van der Waals surface area contributed by atoms with Gasteiger partial charge in [-0.3, -0.25) is 9.88 Å². The Hall–Kier alpha value is -2.74. The van der Waals surface area contributed by atoms with Crippen molar-refractivity contribution in [1.29, 1.82) is 0 Å². The third-order valence-electron chi connectivity index (χ3n) is 4.40. The Balaban J connectivity index is 0.000000509. The number of ether oxygens (including phenoxy) is 1. The van der Waals surface area contributed by atoms with Crippen molar-refractivity contribution in [2.24, 2.45) is 0 Å². The maximum Gasteiger partial charge on any atom is 0.222 e. The van der Waals surface area contributed by atoms with Gasteiger partial charge in [-0.15, -0.1) is 11.3 Å². The number of nitrogens with zero attached hydrogens (tertiary/aromatic N) is 4. The Labute approximate surface area is 196 Å². The summed E-state index contributed by atoms with van der Waals surface area (Å²) >= 11 is 7.80. The minimum absolute atomic E-state index is 0.140. The van der Waals surface area contributed by atoms with Gasteiger partial charge in [0.1, 0.15) is 11.1 Å². The van der Waals surface area contributed by atoms with Crippen LogP contribution in [-0.2, 0) is 11.3 Å².